The summed E-state index contributed by atoms with van der Waals surface area (Å²) in [5.74, 6) is 0. The molecule has 62 valence electrons. The maximum Gasteiger partial charge on any atom is 0.0693 e. The van der Waals surface area contributed by atoms with Crippen LogP contribution in [0.5, 0.6) is 0 Å². The minimum Gasteiger partial charge on any atom is -0.250 e. The van der Waals surface area contributed by atoms with Gasteiger partial charge in [-0.3, -0.25) is 0 Å². The van der Waals surface area contributed by atoms with E-state index in [1.54, 1.807) is 6.20 Å². The fourth-order valence-electron chi connectivity index (χ4n) is 1.08. The van der Waals surface area contributed by atoms with Gasteiger partial charge >= 0.3 is 0 Å². The molecule has 11 heavy (non-hydrogen) atoms. The highest BCUT2D eigenvalue weighted by atomic mass is 15.4. The maximum atomic E-state index is 3.94. The second-order valence-corrected chi connectivity index (χ2v) is 2.87. The number of unbranched alkanes of at least 4 members (excludes halogenated alkanes) is 1. The van der Waals surface area contributed by atoms with E-state index in [0.29, 0.717) is 6.04 Å². The molecular weight excluding hydrogens is 138 g/mol. The summed E-state index contributed by atoms with van der Waals surface area (Å²) in [7, 11) is 0. The van der Waals surface area contributed by atoms with E-state index in [1.807, 2.05) is 10.9 Å². The van der Waals surface area contributed by atoms with E-state index in [4.69, 9.17) is 0 Å². The van der Waals surface area contributed by atoms with Crippen LogP contribution in [0.4, 0.5) is 0 Å². The Hall–Kier alpha value is -0.860. The molecule has 1 aromatic heterocycles. The molecule has 0 aromatic carbocycles. The molecule has 0 amide bonds. The monoisotopic (exact) mass is 153 g/mol. The first kappa shape index (κ1) is 8.24. The van der Waals surface area contributed by atoms with Gasteiger partial charge in [-0.25, -0.2) is 4.68 Å². The van der Waals surface area contributed by atoms with Crippen molar-refractivity contribution in [1.29, 1.82) is 0 Å². The summed E-state index contributed by atoms with van der Waals surface area (Å²) < 4.78 is 1.91. The van der Waals surface area contributed by atoms with E-state index in [1.165, 1.54) is 19.3 Å². The summed E-state index contributed by atoms with van der Waals surface area (Å²) in [6.45, 7) is 4.37. The lowest BCUT2D eigenvalue weighted by molar-refractivity contribution is 0.433. The van der Waals surface area contributed by atoms with E-state index in [-0.39, 0.29) is 0 Å². The van der Waals surface area contributed by atoms with Gasteiger partial charge in [0.2, 0.25) is 0 Å². The van der Waals surface area contributed by atoms with Crippen LogP contribution < -0.4 is 0 Å². The largest absolute Gasteiger partial charge is 0.250 e. The van der Waals surface area contributed by atoms with E-state index >= 15 is 0 Å². The zero-order valence-corrected chi connectivity index (χ0v) is 7.20. The van der Waals surface area contributed by atoms with Crippen LogP contribution in [0.15, 0.2) is 12.4 Å². The lowest BCUT2D eigenvalue weighted by atomic mass is 10.1. The molecule has 1 rings (SSSR count). The van der Waals surface area contributed by atoms with Crippen molar-refractivity contribution in [1.82, 2.24) is 15.0 Å². The predicted molar refractivity (Wildman–Crippen MR) is 44.3 cm³/mol. The van der Waals surface area contributed by atoms with Crippen LogP contribution in [0.25, 0.3) is 0 Å². The second kappa shape index (κ2) is 4.11. The summed E-state index contributed by atoms with van der Waals surface area (Å²) >= 11 is 0. The number of rotatable bonds is 4. The molecule has 0 aliphatic carbocycles. The fraction of sp³-hybridized carbons (Fsp3) is 0.750. The van der Waals surface area contributed by atoms with E-state index in [2.05, 4.69) is 24.2 Å². The van der Waals surface area contributed by atoms with Gasteiger partial charge in [-0.2, -0.15) is 0 Å². The smallest absolute Gasteiger partial charge is 0.0693 e. The van der Waals surface area contributed by atoms with E-state index in [0.717, 1.165) is 0 Å². The molecule has 3 heteroatoms. The maximum absolute atomic E-state index is 3.94. The number of hydrogen-bond acceptors (Lipinski definition) is 2. The molecule has 0 fully saturated rings. The van der Waals surface area contributed by atoms with Crippen LogP contribution in [0, 0.1) is 0 Å². The second-order valence-electron chi connectivity index (χ2n) is 2.87. The Morgan fingerprint density at radius 1 is 1.55 bits per heavy atom. The Bertz CT molecular complexity index is 181. The summed E-state index contributed by atoms with van der Waals surface area (Å²) in [6.07, 6.45) is 7.35. The summed E-state index contributed by atoms with van der Waals surface area (Å²) in [5, 5.41) is 7.70. The average Bonchev–Trinajstić information content (AvgIpc) is 2.52. The normalized spacial score (nSPS) is 13.3. The van der Waals surface area contributed by atoms with Crippen molar-refractivity contribution < 1.29 is 0 Å². The molecule has 3 nitrogen and oxygen atoms in total. The highest BCUT2D eigenvalue weighted by molar-refractivity contribution is 4.69. The highest BCUT2D eigenvalue weighted by Gasteiger charge is 2.02. The van der Waals surface area contributed by atoms with Crippen molar-refractivity contribution in [2.75, 3.05) is 0 Å². The molecular formula is C8H15N3. The average molecular weight is 153 g/mol. The van der Waals surface area contributed by atoms with Crippen LogP contribution in [0.1, 0.15) is 39.2 Å². The van der Waals surface area contributed by atoms with Crippen LogP contribution in [0.2, 0.25) is 0 Å². The first-order valence-corrected chi connectivity index (χ1v) is 4.20. The van der Waals surface area contributed by atoms with Crippen LogP contribution in [-0.2, 0) is 0 Å². The zero-order chi connectivity index (χ0) is 8.10. The Morgan fingerprint density at radius 2 is 2.36 bits per heavy atom. The molecule has 0 radical (unpaired) electrons. The third kappa shape index (κ3) is 2.33. The highest BCUT2D eigenvalue weighted by Crippen LogP contribution is 2.11. The van der Waals surface area contributed by atoms with Gasteiger partial charge in [0.05, 0.1) is 12.2 Å². The summed E-state index contributed by atoms with van der Waals surface area (Å²) in [5.41, 5.74) is 0. The van der Waals surface area contributed by atoms with Crippen LogP contribution in [-0.4, -0.2) is 15.0 Å². The number of nitrogens with zero attached hydrogens (tertiary/aromatic N) is 3. The zero-order valence-electron chi connectivity index (χ0n) is 7.20. The molecule has 1 unspecified atom stereocenters. The van der Waals surface area contributed by atoms with Gasteiger partial charge < -0.3 is 0 Å². The van der Waals surface area contributed by atoms with Crippen molar-refractivity contribution in [2.24, 2.45) is 0 Å². The van der Waals surface area contributed by atoms with Crippen molar-refractivity contribution in [3.8, 4) is 0 Å². The van der Waals surface area contributed by atoms with Gasteiger partial charge in [-0.15, -0.1) is 5.10 Å². The standard InChI is InChI=1S/C8H15N3/c1-3-4-5-8(2)11-7-6-9-10-11/h6-8H,3-5H2,1-2H3. The molecule has 0 N–H and O–H groups in total. The minimum atomic E-state index is 0.498. The third-order valence-electron chi connectivity index (χ3n) is 1.87. The summed E-state index contributed by atoms with van der Waals surface area (Å²) in [6, 6.07) is 0.498. The minimum absolute atomic E-state index is 0.498. The lowest BCUT2D eigenvalue weighted by Gasteiger charge is -2.09. The van der Waals surface area contributed by atoms with Crippen LogP contribution in [0.3, 0.4) is 0 Å². The van der Waals surface area contributed by atoms with Crippen molar-refractivity contribution in [3.05, 3.63) is 12.4 Å². The molecule has 1 atom stereocenters. The Labute approximate surface area is 67.4 Å². The molecule has 1 heterocycles. The molecule has 0 saturated heterocycles. The first-order valence-electron chi connectivity index (χ1n) is 4.20. The Balaban J connectivity index is 2.36. The predicted octanol–water partition coefficient (Wildman–Crippen LogP) is 2.03. The van der Waals surface area contributed by atoms with Gasteiger partial charge in [0, 0.05) is 6.20 Å². The van der Waals surface area contributed by atoms with E-state index in [9.17, 15) is 0 Å². The van der Waals surface area contributed by atoms with Gasteiger partial charge in [-0.1, -0.05) is 25.0 Å². The van der Waals surface area contributed by atoms with Gasteiger partial charge in [0.25, 0.3) is 0 Å². The lowest BCUT2D eigenvalue weighted by Crippen LogP contribution is -2.05. The molecule has 0 bridgehead atoms. The molecule has 0 saturated carbocycles. The summed E-state index contributed by atoms with van der Waals surface area (Å²) in [4.78, 5) is 0. The topological polar surface area (TPSA) is 30.7 Å². The fourth-order valence-corrected chi connectivity index (χ4v) is 1.08. The molecule has 0 spiro atoms. The van der Waals surface area contributed by atoms with Gasteiger partial charge in [0.1, 0.15) is 0 Å². The number of hydrogen-bond donors (Lipinski definition) is 0. The first-order chi connectivity index (χ1) is 5.34. The quantitative estimate of drug-likeness (QED) is 0.662. The SMILES string of the molecule is CCCCC(C)n1ccnn1. The van der Waals surface area contributed by atoms with Crippen molar-refractivity contribution in [2.45, 2.75) is 39.2 Å². The van der Waals surface area contributed by atoms with Gasteiger partial charge in [-0.05, 0) is 13.3 Å². The van der Waals surface area contributed by atoms with E-state index < -0.39 is 0 Å². The Kier molecular flexibility index (Phi) is 3.08. The van der Waals surface area contributed by atoms with Gasteiger partial charge in [0.15, 0.2) is 0 Å². The van der Waals surface area contributed by atoms with Crippen molar-refractivity contribution >= 4 is 0 Å². The third-order valence-corrected chi connectivity index (χ3v) is 1.87. The molecule has 0 aliphatic rings. The molecule has 0 aliphatic heterocycles. The van der Waals surface area contributed by atoms with Crippen molar-refractivity contribution in [3.63, 3.8) is 0 Å². The Morgan fingerprint density at radius 3 is 2.91 bits per heavy atom. The molecule has 1 aromatic rings. The number of aromatic nitrogens is 3. The van der Waals surface area contributed by atoms with Crippen LogP contribution >= 0.6 is 0 Å².